The monoisotopic (exact) mass is 184 g/mol. The number of carbonyl (C=O) groups excluding carboxylic acids is 1. The maximum atomic E-state index is 9.95. The minimum absolute atomic E-state index is 0.780. The fourth-order valence-corrected chi connectivity index (χ4v) is 1.89. The average Bonchev–Trinajstić information content (AvgIpc) is 2.19. The van der Waals surface area contributed by atoms with E-state index in [0.29, 0.717) is 0 Å². The lowest BCUT2D eigenvalue weighted by Gasteiger charge is -2.22. The Balaban J connectivity index is 1.89. The highest BCUT2D eigenvalue weighted by Crippen LogP contribution is 2.16. The van der Waals surface area contributed by atoms with Crippen molar-refractivity contribution in [2.24, 2.45) is 5.92 Å². The van der Waals surface area contributed by atoms with Crippen LogP contribution in [-0.2, 0) is 4.79 Å². The summed E-state index contributed by atoms with van der Waals surface area (Å²) in [7, 11) is 0. The Bertz CT molecular complexity index is 133. The molecule has 1 aliphatic heterocycles. The van der Waals surface area contributed by atoms with Crippen LogP contribution in [0.4, 0.5) is 0 Å². The molecular weight excluding hydrogens is 164 g/mol. The molecule has 2 N–H and O–H groups in total. The van der Waals surface area contributed by atoms with Crippen LogP contribution in [0.3, 0.4) is 0 Å². The second-order valence-electron chi connectivity index (χ2n) is 3.78. The highest BCUT2D eigenvalue weighted by molar-refractivity contribution is 5.45. The van der Waals surface area contributed by atoms with Gasteiger partial charge in [0.05, 0.1) is 0 Å². The molecule has 0 aliphatic carbocycles. The largest absolute Gasteiger partial charge is 0.359 e. The molecule has 3 nitrogen and oxygen atoms in total. The van der Waals surface area contributed by atoms with Crippen molar-refractivity contribution >= 4 is 6.41 Å². The number of hydrogen-bond acceptors (Lipinski definition) is 2. The maximum Gasteiger partial charge on any atom is 0.207 e. The van der Waals surface area contributed by atoms with Crippen LogP contribution in [0, 0.1) is 5.92 Å². The van der Waals surface area contributed by atoms with Crippen molar-refractivity contribution in [1.82, 2.24) is 10.6 Å². The Labute approximate surface area is 80.3 Å². The summed E-state index contributed by atoms with van der Waals surface area (Å²) < 4.78 is 0. The Morgan fingerprint density at radius 3 is 3.08 bits per heavy atom. The molecule has 1 aliphatic rings. The summed E-state index contributed by atoms with van der Waals surface area (Å²) in [5, 5.41) is 6.10. The molecule has 1 unspecified atom stereocenters. The summed E-state index contributed by atoms with van der Waals surface area (Å²) in [5.41, 5.74) is 0. The van der Waals surface area contributed by atoms with Gasteiger partial charge in [0.25, 0.3) is 0 Å². The fraction of sp³-hybridized carbons (Fsp3) is 0.900. The molecule has 1 heterocycles. The van der Waals surface area contributed by atoms with Gasteiger partial charge < -0.3 is 10.6 Å². The Morgan fingerprint density at radius 2 is 2.38 bits per heavy atom. The first-order valence-electron chi connectivity index (χ1n) is 5.31. The van der Waals surface area contributed by atoms with Gasteiger partial charge in [-0.15, -0.1) is 0 Å². The predicted molar refractivity (Wildman–Crippen MR) is 53.5 cm³/mol. The second-order valence-corrected chi connectivity index (χ2v) is 3.78. The van der Waals surface area contributed by atoms with Gasteiger partial charge in [-0.3, -0.25) is 4.79 Å². The molecule has 1 rings (SSSR count). The van der Waals surface area contributed by atoms with Gasteiger partial charge in [-0.1, -0.05) is 6.42 Å². The Hall–Kier alpha value is -0.570. The third-order valence-corrected chi connectivity index (χ3v) is 2.67. The molecule has 3 heteroatoms. The molecule has 0 spiro atoms. The lowest BCUT2D eigenvalue weighted by Crippen LogP contribution is -2.29. The molecule has 1 atom stereocenters. The normalized spacial score (nSPS) is 22.6. The Morgan fingerprint density at radius 1 is 1.46 bits per heavy atom. The summed E-state index contributed by atoms with van der Waals surface area (Å²) in [6.45, 7) is 3.23. The zero-order chi connectivity index (χ0) is 9.36. The van der Waals surface area contributed by atoms with Crippen LogP contribution in [0.5, 0.6) is 0 Å². The lowest BCUT2D eigenvalue weighted by molar-refractivity contribution is -0.109. The van der Waals surface area contributed by atoms with E-state index in [-0.39, 0.29) is 0 Å². The van der Waals surface area contributed by atoms with E-state index in [1.165, 1.54) is 38.8 Å². The van der Waals surface area contributed by atoms with E-state index in [4.69, 9.17) is 0 Å². The number of hydrogen-bond donors (Lipinski definition) is 2. The van der Waals surface area contributed by atoms with Crippen LogP contribution in [0.25, 0.3) is 0 Å². The molecule has 0 radical (unpaired) electrons. The molecule has 0 aromatic rings. The van der Waals surface area contributed by atoms with Crippen LogP contribution in [0.1, 0.15) is 32.1 Å². The van der Waals surface area contributed by atoms with Crippen LogP contribution in [0.2, 0.25) is 0 Å². The highest BCUT2D eigenvalue weighted by Gasteiger charge is 2.11. The van der Waals surface area contributed by atoms with Crippen molar-refractivity contribution in [3.8, 4) is 0 Å². The van der Waals surface area contributed by atoms with Gasteiger partial charge in [-0.05, 0) is 44.7 Å². The molecule has 1 fully saturated rings. The van der Waals surface area contributed by atoms with Gasteiger partial charge in [-0.25, -0.2) is 0 Å². The van der Waals surface area contributed by atoms with E-state index in [2.05, 4.69) is 10.6 Å². The van der Waals surface area contributed by atoms with Gasteiger partial charge >= 0.3 is 0 Å². The predicted octanol–water partition coefficient (Wildman–Crippen LogP) is 0.902. The third kappa shape index (κ3) is 4.88. The third-order valence-electron chi connectivity index (χ3n) is 2.67. The van der Waals surface area contributed by atoms with Gasteiger partial charge in [0, 0.05) is 6.54 Å². The first-order valence-corrected chi connectivity index (χ1v) is 5.31. The average molecular weight is 184 g/mol. The number of amides is 1. The quantitative estimate of drug-likeness (QED) is 0.476. The maximum absolute atomic E-state index is 9.95. The Kier molecular flexibility index (Phi) is 5.57. The highest BCUT2D eigenvalue weighted by atomic mass is 16.1. The van der Waals surface area contributed by atoms with Crippen LogP contribution >= 0.6 is 0 Å². The summed E-state index contributed by atoms with van der Waals surface area (Å²) in [6, 6.07) is 0. The van der Waals surface area contributed by atoms with Gasteiger partial charge in [0.1, 0.15) is 0 Å². The minimum atomic E-state index is 0.780. The number of piperidine rings is 1. The summed E-state index contributed by atoms with van der Waals surface area (Å²) in [6.07, 6.45) is 7.17. The van der Waals surface area contributed by atoms with Crippen molar-refractivity contribution < 1.29 is 4.79 Å². The molecule has 76 valence electrons. The van der Waals surface area contributed by atoms with E-state index >= 15 is 0 Å². The molecule has 13 heavy (non-hydrogen) atoms. The lowest BCUT2D eigenvalue weighted by atomic mass is 9.94. The summed E-state index contributed by atoms with van der Waals surface area (Å²) >= 11 is 0. The second kappa shape index (κ2) is 6.89. The molecule has 1 amide bonds. The van der Waals surface area contributed by atoms with Gasteiger partial charge in [0.15, 0.2) is 0 Å². The first kappa shape index (κ1) is 10.5. The molecule has 0 bridgehead atoms. The number of nitrogens with one attached hydrogen (secondary N) is 2. The van der Waals surface area contributed by atoms with Crippen LogP contribution in [0.15, 0.2) is 0 Å². The summed E-state index contributed by atoms with van der Waals surface area (Å²) in [5.74, 6) is 0.880. The van der Waals surface area contributed by atoms with Crippen LogP contribution in [-0.4, -0.2) is 26.0 Å². The van der Waals surface area contributed by atoms with E-state index in [1.54, 1.807) is 0 Å². The van der Waals surface area contributed by atoms with Crippen molar-refractivity contribution in [2.45, 2.75) is 32.1 Å². The standard InChI is InChI=1S/C10H20N2O/c13-9-12-6-2-1-4-10-5-3-7-11-8-10/h9-11H,1-8H2,(H,12,13). The number of unbranched alkanes of at least 4 members (excludes halogenated alkanes) is 1. The zero-order valence-corrected chi connectivity index (χ0v) is 8.22. The zero-order valence-electron chi connectivity index (χ0n) is 8.22. The van der Waals surface area contributed by atoms with E-state index in [0.717, 1.165) is 25.3 Å². The van der Waals surface area contributed by atoms with E-state index in [9.17, 15) is 4.79 Å². The molecule has 0 saturated carbocycles. The molecule has 0 aromatic carbocycles. The number of rotatable bonds is 6. The van der Waals surface area contributed by atoms with Crippen molar-refractivity contribution in [3.05, 3.63) is 0 Å². The van der Waals surface area contributed by atoms with E-state index < -0.39 is 0 Å². The van der Waals surface area contributed by atoms with Crippen molar-refractivity contribution in [1.29, 1.82) is 0 Å². The van der Waals surface area contributed by atoms with Gasteiger partial charge in [-0.2, -0.15) is 0 Å². The van der Waals surface area contributed by atoms with Gasteiger partial charge in [0.2, 0.25) is 6.41 Å². The van der Waals surface area contributed by atoms with Crippen molar-refractivity contribution in [2.75, 3.05) is 19.6 Å². The number of carbonyl (C=O) groups is 1. The molecule has 0 aromatic heterocycles. The molecule has 1 saturated heterocycles. The van der Waals surface area contributed by atoms with Crippen LogP contribution < -0.4 is 10.6 Å². The first-order chi connectivity index (χ1) is 6.43. The minimum Gasteiger partial charge on any atom is -0.359 e. The molecular formula is C10H20N2O. The van der Waals surface area contributed by atoms with E-state index in [1.807, 2.05) is 0 Å². The summed E-state index contributed by atoms with van der Waals surface area (Å²) in [4.78, 5) is 9.95. The SMILES string of the molecule is O=CNCCCCC1CCCNC1. The fourth-order valence-electron chi connectivity index (χ4n) is 1.89. The topological polar surface area (TPSA) is 41.1 Å². The smallest absolute Gasteiger partial charge is 0.207 e. The van der Waals surface area contributed by atoms with Crippen molar-refractivity contribution in [3.63, 3.8) is 0 Å².